The molecule has 1 unspecified atom stereocenters. The van der Waals surface area contributed by atoms with Crippen LogP contribution < -0.4 is 9.96 Å². The molecule has 0 rings (SSSR count). The van der Waals surface area contributed by atoms with E-state index in [2.05, 4.69) is 37.7 Å². The summed E-state index contributed by atoms with van der Waals surface area (Å²) in [6.07, 6.45) is 1.15. The fourth-order valence-electron chi connectivity index (χ4n) is 1.57. The van der Waals surface area contributed by atoms with Crippen molar-refractivity contribution in [2.45, 2.75) is 39.7 Å². The van der Waals surface area contributed by atoms with Crippen molar-refractivity contribution in [3.8, 4) is 0 Å². The average Bonchev–Trinajstić information content (AvgIpc) is 2.16. The van der Waals surface area contributed by atoms with Crippen molar-refractivity contribution >= 4 is 8.64 Å². The van der Waals surface area contributed by atoms with Gasteiger partial charge in [-0.2, -0.15) is 0 Å². The molecule has 0 aliphatic rings. The average molecular weight is 204 g/mol. The van der Waals surface area contributed by atoms with E-state index < -0.39 is 8.64 Å². The van der Waals surface area contributed by atoms with Gasteiger partial charge in [0.15, 0.2) is 0 Å². The second kappa shape index (κ2) is 6.54. The lowest BCUT2D eigenvalue weighted by Gasteiger charge is -2.35. The zero-order valence-corrected chi connectivity index (χ0v) is 10.6. The molecule has 3 nitrogen and oxygen atoms in total. The maximum absolute atomic E-state index is 5.69. The van der Waals surface area contributed by atoms with Gasteiger partial charge >= 0.3 is 8.64 Å². The van der Waals surface area contributed by atoms with Crippen molar-refractivity contribution in [3.63, 3.8) is 0 Å². The summed E-state index contributed by atoms with van der Waals surface area (Å²) in [5.74, 6) is 0. The van der Waals surface area contributed by atoms with E-state index in [1.165, 1.54) is 0 Å². The SMILES string of the molecule is CCN[Si](NCC)(OC)C(C)CC. The standard InChI is InChI=1S/C9H24N2OSi/c1-6-9(4)13(12-5,10-7-2)11-8-3/h9-11H,6-8H2,1-5H3. The van der Waals surface area contributed by atoms with E-state index in [9.17, 15) is 0 Å². The Kier molecular flexibility index (Phi) is 6.58. The van der Waals surface area contributed by atoms with Gasteiger partial charge in [0.2, 0.25) is 0 Å². The van der Waals surface area contributed by atoms with Crippen LogP contribution in [0, 0.1) is 0 Å². The third-order valence-corrected chi connectivity index (χ3v) is 6.70. The number of hydrogen-bond acceptors (Lipinski definition) is 3. The first-order valence-electron chi connectivity index (χ1n) is 5.22. The summed E-state index contributed by atoms with van der Waals surface area (Å²) in [5, 5.41) is 0. The maximum Gasteiger partial charge on any atom is 0.354 e. The molecule has 0 saturated carbocycles. The molecule has 0 saturated heterocycles. The molecule has 0 heterocycles. The molecule has 0 aliphatic heterocycles. The fourth-order valence-corrected chi connectivity index (χ4v) is 4.71. The van der Waals surface area contributed by atoms with Crippen LogP contribution in [0.15, 0.2) is 0 Å². The molecule has 80 valence electrons. The molecule has 13 heavy (non-hydrogen) atoms. The normalized spacial score (nSPS) is 14.5. The van der Waals surface area contributed by atoms with Gasteiger partial charge in [0.25, 0.3) is 0 Å². The highest BCUT2D eigenvalue weighted by Gasteiger charge is 2.38. The van der Waals surface area contributed by atoms with Crippen LogP contribution in [-0.4, -0.2) is 28.8 Å². The van der Waals surface area contributed by atoms with Crippen LogP contribution in [0.25, 0.3) is 0 Å². The van der Waals surface area contributed by atoms with Crippen LogP contribution >= 0.6 is 0 Å². The Morgan fingerprint density at radius 1 is 1.15 bits per heavy atom. The van der Waals surface area contributed by atoms with Gasteiger partial charge < -0.3 is 14.4 Å². The van der Waals surface area contributed by atoms with Crippen molar-refractivity contribution < 1.29 is 4.43 Å². The van der Waals surface area contributed by atoms with Crippen LogP contribution in [0.4, 0.5) is 0 Å². The van der Waals surface area contributed by atoms with E-state index in [0.29, 0.717) is 5.54 Å². The van der Waals surface area contributed by atoms with Crippen molar-refractivity contribution in [1.29, 1.82) is 0 Å². The van der Waals surface area contributed by atoms with Gasteiger partial charge in [0.05, 0.1) is 0 Å². The zero-order chi connectivity index (χ0) is 10.3. The summed E-state index contributed by atoms with van der Waals surface area (Å²) in [6.45, 7) is 10.6. The van der Waals surface area contributed by atoms with Gasteiger partial charge in [-0.3, -0.25) is 0 Å². The molecule has 0 fully saturated rings. The summed E-state index contributed by atoms with van der Waals surface area (Å²) in [7, 11) is -0.0636. The second-order valence-corrected chi connectivity index (χ2v) is 6.88. The predicted octanol–water partition coefficient (Wildman–Crippen LogP) is 1.59. The predicted molar refractivity (Wildman–Crippen MR) is 59.8 cm³/mol. The quantitative estimate of drug-likeness (QED) is 0.618. The molecule has 0 aromatic rings. The number of rotatable bonds is 7. The van der Waals surface area contributed by atoms with Crippen molar-refractivity contribution in [3.05, 3.63) is 0 Å². The Balaban J connectivity index is 4.42. The molecule has 4 heteroatoms. The lowest BCUT2D eigenvalue weighted by molar-refractivity contribution is 0.348. The first kappa shape index (κ1) is 13.1. The lowest BCUT2D eigenvalue weighted by Crippen LogP contribution is -2.66. The molecule has 0 aromatic heterocycles. The molecule has 2 N–H and O–H groups in total. The first-order valence-corrected chi connectivity index (χ1v) is 7.20. The molecule has 0 aromatic carbocycles. The van der Waals surface area contributed by atoms with Gasteiger partial charge in [0.1, 0.15) is 0 Å². The number of hydrogen-bond donors (Lipinski definition) is 2. The monoisotopic (exact) mass is 204 g/mol. The minimum Gasteiger partial charge on any atom is -0.395 e. The van der Waals surface area contributed by atoms with E-state index in [4.69, 9.17) is 4.43 Å². The highest BCUT2D eigenvalue weighted by molar-refractivity contribution is 6.70. The minimum atomic E-state index is -1.87. The lowest BCUT2D eigenvalue weighted by atomic mass is 10.4. The molecular formula is C9H24N2OSi. The first-order chi connectivity index (χ1) is 6.16. The smallest absolute Gasteiger partial charge is 0.354 e. The Labute approximate surface area is 83.5 Å². The molecule has 1 atom stereocenters. The van der Waals surface area contributed by atoms with Gasteiger partial charge in [-0.1, -0.05) is 34.1 Å². The van der Waals surface area contributed by atoms with E-state index in [-0.39, 0.29) is 0 Å². The Bertz CT molecular complexity index is 127. The van der Waals surface area contributed by atoms with Gasteiger partial charge in [-0.05, 0) is 13.1 Å². The van der Waals surface area contributed by atoms with Crippen LogP contribution in [0.2, 0.25) is 5.54 Å². The molecular weight excluding hydrogens is 180 g/mol. The Hall–Kier alpha value is 0.0969. The van der Waals surface area contributed by atoms with Crippen molar-refractivity contribution in [1.82, 2.24) is 9.96 Å². The molecule has 0 bridgehead atoms. The van der Waals surface area contributed by atoms with Crippen LogP contribution in [0.1, 0.15) is 34.1 Å². The van der Waals surface area contributed by atoms with Crippen molar-refractivity contribution in [2.24, 2.45) is 0 Å². The Morgan fingerprint density at radius 2 is 1.62 bits per heavy atom. The highest BCUT2D eigenvalue weighted by Crippen LogP contribution is 2.20. The van der Waals surface area contributed by atoms with Crippen LogP contribution in [0.3, 0.4) is 0 Å². The van der Waals surface area contributed by atoms with Crippen LogP contribution in [0.5, 0.6) is 0 Å². The van der Waals surface area contributed by atoms with Crippen LogP contribution in [-0.2, 0) is 4.43 Å². The summed E-state index contributed by atoms with van der Waals surface area (Å²) in [6, 6.07) is 0. The summed E-state index contributed by atoms with van der Waals surface area (Å²) >= 11 is 0. The van der Waals surface area contributed by atoms with Gasteiger partial charge in [-0.15, -0.1) is 0 Å². The summed E-state index contributed by atoms with van der Waals surface area (Å²) in [5.41, 5.74) is 0.595. The van der Waals surface area contributed by atoms with E-state index >= 15 is 0 Å². The van der Waals surface area contributed by atoms with Gasteiger partial charge in [-0.25, -0.2) is 0 Å². The third-order valence-electron chi connectivity index (χ3n) is 2.51. The Morgan fingerprint density at radius 3 is 1.85 bits per heavy atom. The summed E-state index contributed by atoms with van der Waals surface area (Å²) in [4.78, 5) is 7.01. The van der Waals surface area contributed by atoms with Crippen molar-refractivity contribution in [2.75, 3.05) is 20.2 Å². The number of nitrogens with one attached hydrogen (secondary N) is 2. The fraction of sp³-hybridized carbons (Fsp3) is 1.00. The summed E-state index contributed by atoms with van der Waals surface area (Å²) < 4.78 is 5.69. The highest BCUT2D eigenvalue weighted by atomic mass is 28.4. The third kappa shape index (κ3) is 3.38. The molecule has 0 radical (unpaired) electrons. The topological polar surface area (TPSA) is 33.3 Å². The van der Waals surface area contributed by atoms with E-state index in [0.717, 1.165) is 19.5 Å². The van der Waals surface area contributed by atoms with Gasteiger partial charge in [0, 0.05) is 12.7 Å². The molecule has 0 amide bonds. The maximum atomic E-state index is 5.69. The minimum absolute atomic E-state index is 0.595. The van der Waals surface area contributed by atoms with E-state index in [1.54, 1.807) is 0 Å². The molecule has 0 aliphatic carbocycles. The molecule has 0 spiro atoms. The second-order valence-electron chi connectivity index (χ2n) is 3.31. The van der Waals surface area contributed by atoms with E-state index in [1.807, 2.05) is 7.11 Å². The zero-order valence-electron chi connectivity index (χ0n) is 9.61. The largest absolute Gasteiger partial charge is 0.395 e.